The van der Waals surface area contributed by atoms with Crippen molar-refractivity contribution in [3.63, 3.8) is 0 Å². The Labute approximate surface area is 66.4 Å². The number of rotatable bonds is 3. The molecule has 3 nitrogen and oxygen atoms in total. The molecule has 1 saturated heterocycles. The highest BCUT2D eigenvalue weighted by molar-refractivity contribution is 5.77. The average Bonchev–Trinajstić information content (AvgIpc) is 2.38. The first-order chi connectivity index (χ1) is 5.21. The molecular weight excluding hydrogens is 144 g/mol. The molecule has 0 radical (unpaired) electrons. The molecule has 0 aliphatic carbocycles. The fourth-order valence-corrected chi connectivity index (χ4v) is 1.57. The fourth-order valence-electron chi connectivity index (χ4n) is 1.57. The van der Waals surface area contributed by atoms with Gasteiger partial charge < -0.3 is 9.84 Å². The lowest BCUT2D eigenvalue weighted by Crippen LogP contribution is -2.37. The second-order valence-corrected chi connectivity index (χ2v) is 3.00. The summed E-state index contributed by atoms with van der Waals surface area (Å²) in [5.74, 6) is -0.795. The summed E-state index contributed by atoms with van der Waals surface area (Å²) in [4.78, 5) is 10.8. The zero-order valence-electron chi connectivity index (χ0n) is 6.80. The van der Waals surface area contributed by atoms with Gasteiger partial charge in [0.15, 0.2) is 5.60 Å². The van der Waals surface area contributed by atoms with Crippen LogP contribution in [0.25, 0.3) is 0 Å². The van der Waals surface area contributed by atoms with E-state index in [1.165, 1.54) is 0 Å². The Kier molecular flexibility index (Phi) is 2.49. The molecule has 0 saturated carbocycles. The largest absolute Gasteiger partial charge is 0.479 e. The van der Waals surface area contributed by atoms with Crippen molar-refractivity contribution in [2.24, 2.45) is 0 Å². The van der Waals surface area contributed by atoms with E-state index in [1.807, 2.05) is 6.92 Å². The highest BCUT2D eigenvalue weighted by Crippen LogP contribution is 2.30. The Bertz CT molecular complexity index is 147. The van der Waals surface area contributed by atoms with Gasteiger partial charge in [0.05, 0.1) is 0 Å². The van der Waals surface area contributed by atoms with E-state index < -0.39 is 11.6 Å². The summed E-state index contributed by atoms with van der Waals surface area (Å²) in [6.45, 7) is 2.58. The summed E-state index contributed by atoms with van der Waals surface area (Å²) in [6, 6.07) is 0. The van der Waals surface area contributed by atoms with Gasteiger partial charge in [-0.05, 0) is 19.3 Å². The average molecular weight is 158 g/mol. The predicted molar refractivity (Wildman–Crippen MR) is 40.5 cm³/mol. The SMILES string of the molecule is CCC[C@@]1(C(=O)O)CCCO1. The third-order valence-electron chi connectivity index (χ3n) is 2.15. The van der Waals surface area contributed by atoms with E-state index in [2.05, 4.69) is 0 Å². The Balaban J connectivity index is 2.62. The van der Waals surface area contributed by atoms with Crippen molar-refractivity contribution in [2.75, 3.05) is 6.61 Å². The normalized spacial score (nSPS) is 30.6. The van der Waals surface area contributed by atoms with Crippen LogP contribution in [0.4, 0.5) is 0 Å². The zero-order chi connectivity index (χ0) is 8.32. The Morgan fingerprint density at radius 2 is 2.45 bits per heavy atom. The number of hydrogen-bond acceptors (Lipinski definition) is 2. The molecule has 64 valence electrons. The second-order valence-electron chi connectivity index (χ2n) is 3.00. The van der Waals surface area contributed by atoms with Crippen molar-refractivity contribution >= 4 is 5.97 Å². The first kappa shape index (κ1) is 8.53. The van der Waals surface area contributed by atoms with Gasteiger partial charge in [-0.3, -0.25) is 0 Å². The lowest BCUT2D eigenvalue weighted by atomic mass is 9.95. The van der Waals surface area contributed by atoms with Crippen molar-refractivity contribution in [3.8, 4) is 0 Å². The van der Waals surface area contributed by atoms with Crippen LogP contribution in [0.2, 0.25) is 0 Å². The van der Waals surface area contributed by atoms with Gasteiger partial charge >= 0.3 is 5.97 Å². The van der Waals surface area contributed by atoms with Gasteiger partial charge in [-0.1, -0.05) is 13.3 Å². The van der Waals surface area contributed by atoms with Crippen molar-refractivity contribution in [2.45, 2.75) is 38.2 Å². The van der Waals surface area contributed by atoms with Crippen LogP contribution >= 0.6 is 0 Å². The van der Waals surface area contributed by atoms with Gasteiger partial charge in [0.2, 0.25) is 0 Å². The van der Waals surface area contributed by atoms with E-state index in [0.29, 0.717) is 19.4 Å². The topological polar surface area (TPSA) is 46.5 Å². The fraction of sp³-hybridized carbons (Fsp3) is 0.875. The zero-order valence-corrected chi connectivity index (χ0v) is 6.80. The van der Waals surface area contributed by atoms with Crippen molar-refractivity contribution in [1.82, 2.24) is 0 Å². The van der Waals surface area contributed by atoms with Crippen molar-refractivity contribution in [1.29, 1.82) is 0 Å². The maximum atomic E-state index is 10.8. The number of hydrogen-bond donors (Lipinski definition) is 1. The van der Waals surface area contributed by atoms with E-state index in [1.54, 1.807) is 0 Å². The minimum Gasteiger partial charge on any atom is -0.479 e. The van der Waals surface area contributed by atoms with Crippen LogP contribution in [0.1, 0.15) is 32.6 Å². The summed E-state index contributed by atoms with van der Waals surface area (Å²) in [7, 11) is 0. The van der Waals surface area contributed by atoms with Gasteiger partial charge in [0, 0.05) is 6.61 Å². The van der Waals surface area contributed by atoms with Crippen LogP contribution in [-0.4, -0.2) is 23.3 Å². The molecule has 0 aromatic carbocycles. The Hall–Kier alpha value is -0.570. The number of aliphatic carboxylic acids is 1. The smallest absolute Gasteiger partial charge is 0.335 e. The van der Waals surface area contributed by atoms with Gasteiger partial charge in [0.1, 0.15) is 0 Å². The molecule has 0 spiro atoms. The molecule has 0 unspecified atom stereocenters. The van der Waals surface area contributed by atoms with Gasteiger partial charge in [-0.25, -0.2) is 4.79 Å². The van der Waals surface area contributed by atoms with Gasteiger partial charge in [0.25, 0.3) is 0 Å². The number of carboxylic acid groups (broad SMARTS) is 1. The van der Waals surface area contributed by atoms with Crippen LogP contribution in [0.15, 0.2) is 0 Å². The molecule has 0 aromatic heterocycles. The summed E-state index contributed by atoms with van der Waals surface area (Å²) in [5.41, 5.74) is -0.839. The van der Waals surface area contributed by atoms with Crippen molar-refractivity contribution < 1.29 is 14.6 Å². The number of ether oxygens (including phenoxy) is 1. The van der Waals surface area contributed by atoms with E-state index >= 15 is 0 Å². The Morgan fingerprint density at radius 3 is 2.82 bits per heavy atom. The molecule has 1 atom stereocenters. The third kappa shape index (κ3) is 1.53. The highest BCUT2D eigenvalue weighted by Gasteiger charge is 2.41. The molecule has 1 fully saturated rings. The maximum Gasteiger partial charge on any atom is 0.335 e. The monoisotopic (exact) mass is 158 g/mol. The van der Waals surface area contributed by atoms with Crippen LogP contribution in [0.3, 0.4) is 0 Å². The van der Waals surface area contributed by atoms with Crippen molar-refractivity contribution in [3.05, 3.63) is 0 Å². The van der Waals surface area contributed by atoms with Crippen LogP contribution in [0, 0.1) is 0 Å². The van der Waals surface area contributed by atoms with E-state index in [9.17, 15) is 4.79 Å². The van der Waals surface area contributed by atoms with E-state index in [-0.39, 0.29) is 0 Å². The molecule has 1 aliphatic heterocycles. The predicted octanol–water partition coefficient (Wildman–Crippen LogP) is 1.42. The van der Waals surface area contributed by atoms with E-state index in [0.717, 1.165) is 12.8 Å². The molecule has 0 aromatic rings. The molecule has 3 heteroatoms. The summed E-state index contributed by atoms with van der Waals surface area (Å²) < 4.78 is 5.24. The van der Waals surface area contributed by atoms with Crippen LogP contribution in [0.5, 0.6) is 0 Å². The molecule has 1 rings (SSSR count). The summed E-state index contributed by atoms with van der Waals surface area (Å²) in [5, 5.41) is 8.87. The number of carbonyl (C=O) groups is 1. The summed E-state index contributed by atoms with van der Waals surface area (Å²) in [6.07, 6.45) is 3.07. The molecular formula is C8H14O3. The van der Waals surface area contributed by atoms with Gasteiger partial charge in [-0.15, -0.1) is 0 Å². The molecule has 1 N–H and O–H groups in total. The standard InChI is InChI=1S/C8H14O3/c1-2-4-8(7(9)10)5-3-6-11-8/h2-6H2,1H3,(H,9,10)/t8-/m0/s1. The first-order valence-electron chi connectivity index (χ1n) is 4.08. The minimum absolute atomic E-state index is 0.603. The summed E-state index contributed by atoms with van der Waals surface area (Å²) >= 11 is 0. The van der Waals surface area contributed by atoms with Gasteiger partial charge in [-0.2, -0.15) is 0 Å². The lowest BCUT2D eigenvalue weighted by Gasteiger charge is -2.21. The molecule has 11 heavy (non-hydrogen) atoms. The van der Waals surface area contributed by atoms with E-state index in [4.69, 9.17) is 9.84 Å². The quantitative estimate of drug-likeness (QED) is 0.675. The maximum absolute atomic E-state index is 10.8. The molecule has 1 aliphatic rings. The molecule has 1 heterocycles. The third-order valence-corrected chi connectivity index (χ3v) is 2.15. The highest BCUT2D eigenvalue weighted by atomic mass is 16.5. The number of carboxylic acids is 1. The lowest BCUT2D eigenvalue weighted by molar-refractivity contribution is -0.160. The molecule has 0 amide bonds. The second kappa shape index (κ2) is 3.22. The molecule has 0 bridgehead atoms. The van der Waals surface area contributed by atoms with Crippen LogP contribution in [-0.2, 0) is 9.53 Å². The Morgan fingerprint density at radius 1 is 1.73 bits per heavy atom. The first-order valence-corrected chi connectivity index (χ1v) is 4.08. The minimum atomic E-state index is -0.839. The van der Waals surface area contributed by atoms with Crippen LogP contribution < -0.4 is 0 Å².